The van der Waals surface area contributed by atoms with Gasteiger partial charge in [-0.15, -0.1) is 12.4 Å². The van der Waals surface area contributed by atoms with Crippen molar-refractivity contribution < 1.29 is 9.59 Å². The van der Waals surface area contributed by atoms with Crippen molar-refractivity contribution in [1.82, 2.24) is 5.32 Å². The average molecular weight is 394 g/mol. The lowest BCUT2D eigenvalue weighted by Gasteiger charge is -2.31. The number of halogens is 1. The number of hydrogen-bond donors (Lipinski definition) is 3. The van der Waals surface area contributed by atoms with E-state index in [2.05, 4.69) is 10.6 Å². The van der Waals surface area contributed by atoms with Crippen LogP contribution in [0.3, 0.4) is 0 Å². The van der Waals surface area contributed by atoms with Gasteiger partial charge in [-0.05, 0) is 43.4 Å². The van der Waals surface area contributed by atoms with Crippen LogP contribution in [-0.2, 0) is 16.1 Å². The topological polar surface area (TPSA) is 84.2 Å². The maximum absolute atomic E-state index is 12.5. The van der Waals surface area contributed by atoms with Crippen molar-refractivity contribution in [2.75, 3.05) is 5.32 Å². The molecule has 0 aliphatic heterocycles. The predicted molar refractivity (Wildman–Crippen MR) is 111 cm³/mol. The Balaban J connectivity index is 0.00000261. The first kappa shape index (κ1) is 21.7. The van der Waals surface area contributed by atoms with E-state index in [1.807, 2.05) is 24.3 Å². The molecule has 2 amide bonds. The van der Waals surface area contributed by atoms with Crippen molar-refractivity contribution in [3.05, 3.63) is 29.8 Å². The predicted octanol–water partition coefficient (Wildman–Crippen LogP) is 3.91. The molecule has 0 saturated heterocycles. The molecule has 0 atom stereocenters. The van der Waals surface area contributed by atoms with Crippen LogP contribution in [0.1, 0.15) is 69.8 Å². The summed E-state index contributed by atoms with van der Waals surface area (Å²) < 4.78 is 0. The Kier molecular flexibility index (Phi) is 8.11. The van der Waals surface area contributed by atoms with Crippen LogP contribution in [-0.4, -0.2) is 17.4 Å². The fraction of sp³-hybridized carbons (Fsp3) is 0.619. The van der Waals surface area contributed by atoms with Crippen molar-refractivity contribution in [2.24, 2.45) is 11.7 Å². The minimum atomic E-state index is -0.717. The largest absolute Gasteiger partial charge is 0.350 e. The lowest BCUT2D eigenvalue weighted by atomic mass is 9.82. The highest BCUT2D eigenvalue weighted by atomic mass is 35.5. The number of carbonyl (C=O) groups is 2. The van der Waals surface area contributed by atoms with E-state index >= 15 is 0 Å². The third-order valence-corrected chi connectivity index (χ3v) is 5.82. The van der Waals surface area contributed by atoms with Crippen molar-refractivity contribution >= 4 is 29.9 Å². The minimum Gasteiger partial charge on any atom is -0.350 e. The van der Waals surface area contributed by atoms with Crippen LogP contribution in [0.25, 0.3) is 0 Å². The second-order valence-electron chi connectivity index (χ2n) is 7.92. The molecule has 6 heteroatoms. The molecule has 2 saturated carbocycles. The monoisotopic (exact) mass is 393 g/mol. The first-order chi connectivity index (χ1) is 12.6. The Labute approximate surface area is 168 Å². The second-order valence-corrected chi connectivity index (χ2v) is 7.92. The average Bonchev–Trinajstić information content (AvgIpc) is 2.67. The van der Waals surface area contributed by atoms with E-state index in [9.17, 15) is 9.59 Å². The van der Waals surface area contributed by atoms with Crippen LogP contribution in [0.15, 0.2) is 24.3 Å². The van der Waals surface area contributed by atoms with E-state index in [1.54, 1.807) is 0 Å². The fourth-order valence-corrected chi connectivity index (χ4v) is 4.14. The van der Waals surface area contributed by atoms with Gasteiger partial charge in [0.2, 0.25) is 11.8 Å². The first-order valence-corrected chi connectivity index (χ1v) is 10.0. The summed E-state index contributed by atoms with van der Waals surface area (Å²) in [4.78, 5) is 24.9. The Morgan fingerprint density at radius 2 is 1.70 bits per heavy atom. The Bertz CT molecular complexity index is 638. The third-order valence-electron chi connectivity index (χ3n) is 5.82. The summed E-state index contributed by atoms with van der Waals surface area (Å²) >= 11 is 0. The summed E-state index contributed by atoms with van der Waals surface area (Å²) in [6.07, 6.45) is 10.2. The zero-order chi connectivity index (χ0) is 18.4. The Morgan fingerprint density at radius 3 is 2.41 bits per heavy atom. The quantitative estimate of drug-likeness (QED) is 0.709. The van der Waals surface area contributed by atoms with Gasteiger partial charge in [0.15, 0.2) is 0 Å². The Morgan fingerprint density at radius 1 is 1.04 bits per heavy atom. The van der Waals surface area contributed by atoms with Crippen LogP contribution in [0.5, 0.6) is 0 Å². The maximum Gasteiger partial charge on any atom is 0.240 e. The number of carbonyl (C=O) groups excluding carboxylic acids is 2. The van der Waals surface area contributed by atoms with Crippen LogP contribution < -0.4 is 16.4 Å². The van der Waals surface area contributed by atoms with Crippen LogP contribution in [0.4, 0.5) is 5.69 Å². The van der Waals surface area contributed by atoms with Gasteiger partial charge in [-0.25, -0.2) is 0 Å². The maximum atomic E-state index is 12.5. The fourth-order valence-electron chi connectivity index (χ4n) is 4.14. The Hall–Kier alpha value is -1.59. The molecule has 150 valence electrons. The van der Waals surface area contributed by atoms with Gasteiger partial charge >= 0.3 is 0 Å². The van der Waals surface area contributed by atoms with E-state index in [0.717, 1.165) is 69.0 Å². The standard InChI is InChI=1S/C21H31N3O2.ClH/c22-21(12-5-2-6-13-21)20(26)23-15-16-8-7-11-18(14-16)24-19(25)17-9-3-1-4-10-17;/h7-8,11,14,17H,1-6,9-10,12-13,15,22H2,(H,23,26)(H,24,25);1H. The summed E-state index contributed by atoms with van der Waals surface area (Å²) in [7, 11) is 0. The van der Waals surface area contributed by atoms with Gasteiger partial charge < -0.3 is 16.4 Å². The van der Waals surface area contributed by atoms with E-state index < -0.39 is 5.54 Å². The lowest BCUT2D eigenvalue weighted by molar-refractivity contribution is -0.127. The summed E-state index contributed by atoms with van der Waals surface area (Å²) in [6, 6.07) is 7.71. The van der Waals surface area contributed by atoms with E-state index in [-0.39, 0.29) is 30.1 Å². The zero-order valence-electron chi connectivity index (χ0n) is 16.0. The highest BCUT2D eigenvalue weighted by Crippen LogP contribution is 2.27. The van der Waals surface area contributed by atoms with Crippen LogP contribution >= 0.6 is 12.4 Å². The van der Waals surface area contributed by atoms with Gasteiger partial charge in [0, 0.05) is 18.2 Å². The third kappa shape index (κ3) is 5.94. The van der Waals surface area contributed by atoms with Gasteiger partial charge in [0.25, 0.3) is 0 Å². The molecule has 5 nitrogen and oxygen atoms in total. The van der Waals surface area contributed by atoms with Crippen molar-refractivity contribution in [1.29, 1.82) is 0 Å². The molecule has 1 aromatic carbocycles. The van der Waals surface area contributed by atoms with E-state index in [1.165, 1.54) is 6.42 Å². The highest BCUT2D eigenvalue weighted by Gasteiger charge is 2.34. The number of rotatable bonds is 5. The summed E-state index contributed by atoms with van der Waals surface area (Å²) in [6.45, 7) is 0.435. The number of benzene rings is 1. The van der Waals surface area contributed by atoms with E-state index in [0.29, 0.717) is 6.54 Å². The SMILES string of the molecule is Cl.NC1(C(=O)NCc2cccc(NC(=O)C3CCCCC3)c2)CCCCC1. The van der Waals surface area contributed by atoms with Gasteiger partial charge in [-0.2, -0.15) is 0 Å². The molecular weight excluding hydrogens is 362 g/mol. The minimum absolute atomic E-state index is 0. The van der Waals surface area contributed by atoms with Gasteiger partial charge in [0.1, 0.15) is 0 Å². The molecule has 0 radical (unpaired) electrons. The molecule has 2 fully saturated rings. The van der Waals surface area contributed by atoms with E-state index in [4.69, 9.17) is 5.73 Å². The lowest BCUT2D eigenvalue weighted by Crippen LogP contribution is -2.54. The molecule has 2 aliphatic rings. The highest BCUT2D eigenvalue weighted by molar-refractivity contribution is 5.92. The molecule has 0 aromatic heterocycles. The molecule has 2 aliphatic carbocycles. The number of nitrogens with one attached hydrogen (secondary N) is 2. The molecular formula is C21H32ClN3O2. The zero-order valence-corrected chi connectivity index (χ0v) is 16.8. The van der Waals surface area contributed by atoms with Crippen molar-refractivity contribution in [3.63, 3.8) is 0 Å². The van der Waals surface area contributed by atoms with Gasteiger partial charge in [-0.3, -0.25) is 9.59 Å². The summed E-state index contributed by atoms with van der Waals surface area (Å²) in [5, 5.41) is 6.01. The second kappa shape index (κ2) is 10.1. The molecule has 1 aromatic rings. The van der Waals surface area contributed by atoms with Gasteiger partial charge in [-0.1, -0.05) is 50.7 Å². The van der Waals surface area contributed by atoms with Gasteiger partial charge in [0.05, 0.1) is 5.54 Å². The molecule has 0 bridgehead atoms. The smallest absolute Gasteiger partial charge is 0.240 e. The number of anilines is 1. The summed E-state index contributed by atoms with van der Waals surface area (Å²) in [5.41, 5.74) is 7.33. The molecule has 4 N–H and O–H groups in total. The molecule has 27 heavy (non-hydrogen) atoms. The normalized spacial score (nSPS) is 19.6. The van der Waals surface area contributed by atoms with Crippen molar-refractivity contribution in [2.45, 2.75) is 76.3 Å². The number of hydrogen-bond acceptors (Lipinski definition) is 3. The molecule has 3 rings (SSSR count). The van der Waals surface area contributed by atoms with Crippen LogP contribution in [0, 0.1) is 5.92 Å². The summed E-state index contributed by atoms with van der Waals surface area (Å²) in [5.74, 6) is 0.193. The van der Waals surface area contributed by atoms with Crippen LogP contribution in [0.2, 0.25) is 0 Å². The number of nitrogens with two attached hydrogens (primary N) is 1. The van der Waals surface area contributed by atoms with Crippen molar-refractivity contribution in [3.8, 4) is 0 Å². The molecule has 0 unspecified atom stereocenters. The number of amides is 2. The first-order valence-electron chi connectivity index (χ1n) is 10.0. The molecule has 0 spiro atoms. The molecule has 0 heterocycles.